The van der Waals surface area contributed by atoms with Gasteiger partial charge in [0.25, 0.3) is 5.91 Å². The molecule has 1 aromatic rings. The Kier molecular flexibility index (Phi) is 5.54. The number of halogens is 2. The second kappa shape index (κ2) is 7.18. The van der Waals surface area contributed by atoms with Gasteiger partial charge in [0.15, 0.2) is 0 Å². The van der Waals surface area contributed by atoms with Crippen LogP contribution >= 0.6 is 15.9 Å². The maximum Gasteiger partial charge on any atom is 0.254 e. The normalized spacial score (nSPS) is 15.8. The Morgan fingerprint density at radius 3 is 2.85 bits per heavy atom. The molecule has 20 heavy (non-hydrogen) atoms. The van der Waals surface area contributed by atoms with Gasteiger partial charge in [0.1, 0.15) is 5.82 Å². The van der Waals surface area contributed by atoms with Crippen LogP contribution < -0.4 is 5.32 Å². The molecule has 1 aliphatic rings. The number of carbonyl (C=O) groups is 1. The highest BCUT2D eigenvalue weighted by Crippen LogP contribution is 2.21. The molecule has 0 aromatic heterocycles. The molecule has 0 atom stereocenters. The van der Waals surface area contributed by atoms with Crippen LogP contribution in [0, 0.1) is 5.82 Å². The lowest BCUT2D eigenvalue weighted by atomic mass is 10.2. The lowest BCUT2D eigenvalue weighted by Crippen LogP contribution is -2.37. The number of nitrogens with zero attached hydrogens (tertiary/aromatic N) is 1. The van der Waals surface area contributed by atoms with E-state index < -0.39 is 5.82 Å². The van der Waals surface area contributed by atoms with Crippen LogP contribution in [0.1, 0.15) is 36.0 Å². The van der Waals surface area contributed by atoms with Crippen molar-refractivity contribution in [2.45, 2.75) is 31.7 Å². The van der Waals surface area contributed by atoms with E-state index in [1.54, 1.807) is 6.07 Å². The van der Waals surface area contributed by atoms with Crippen molar-refractivity contribution in [3.63, 3.8) is 0 Å². The molecule has 0 bridgehead atoms. The standard InChI is InChI=1S/C15H20BrFN2O/c1-19(12-4-2-3-5-12)9-8-18-15(20)13-10-11(16)6-7-14(13)17/h6-7,10,12H,2-5,8-9H2,1H3,(H,18,20). The van der Waals surface area contributed by atoms with Crippen molar-refractivity contribution in [2.24, 2.45) is 0 Å². The molecule has 0 spiro atoms. The van der Waals surface area contributed by atoms with Gasteiger partial charge in [0.2, 0.25) is 0 Å². The van der Waals surface area contributed by atoms with Crippen LogP contribution in [0.5, 0.6) is 0 Å². The maximum absolute atomic E-state index is 13.6. The maximum atomic E-state index is 13.6. The van der Waals surface area contributed by atoms with Gasteiger partial charge in [-0.25, -0.2) is 4.39 Å². The number of rotatable bonds is 5. The highest BCUT2D eigenvalue weighted by Gasteiger charge is 2.19. The SMILES string of the molecule is CN(CCNC(=O)c1cc(Br)ccc1F)C1CCCC1. The molecular weight excluding hydrogens is 323 g/mol. The second-order valence-corrected chi connectivity index (χ2v) is 6.21. The molecule has 1 aromatic carbocycles. The lowest BCUT2D eigenvalue weighted by Gasteiger charge is -2.23. The van der Waals surface area contributed by atoms with Gasteiger partial charge in [-0.2, -0.15) is 0 Å². The quantitative estimate of drug-likeness (QED) is 0.891. The van der Waals surface area contributed by atoms with E-state index in [4.69, 9.17) is 0 Å². The third kappa shape index (κ3) is 4.03. The third-order valence-corrected chi connectivity index (χ3v) is 4.36. The molecule has 0 saturated heterocycles. The van der Waals surface area contributed by atoms with Gasteiger partial charge in [-0.05, 0) is 38.1 Å². The fourth-order valence-electron chi connectivity index (χ4n) is 2.64. The van der Waals surface area contributed by atoms with Crippen LogP contribution in [-0.4, -0.2) is 37.0 Å². The van der Waals surface area contributed by atoms with Crippen LogP contribution in [0.2, 0.25) is 0 Å². The Morgan fingerprint density at radius 2 is 2.15 bits per heavy atom. The van der Waals surface area contributed by atoms with Gasteiger partial charge in [-0.1, -0.05) is 28.8 Å². The van der Waals surface area contributed by atoms with Crippen molar-refractivity contribution in [1.29, 1.82) is 0 Å². The summed E-state index contributed by atoms with van der Waals surface area (Å²) in [5, 5.41) is 2.78. The van der Waals surface area contributed by atoms with E-state index in [2.05, 4.69) is 33.2 Å². The summed E-state index contributed by atoms with van der Waals surface area (Å²) in [7, 11) is 2.09. The second-order valence-electron chi connectivity index (χ2n) is 5.30. The first-order chi connectivity index (χ1) is 9.58. The number of benzene rings is 1. The van der Waals surface area contributed by atoms with E-state index in [0.717, 1.165) is 6.54 Å². The van der Waals surface area contributed by atoms with Crippen molar-refractivity contribution in [3.8, 4) is 0 Å². The summed E-state index contributed by atoms with van der Waals surface area (Å²) in [6.07, 6.45) is 5.07. The van der Waals surface area contributed by atoms with Crippen LogP contribution in [0.3, 0.4) is 0 Å². The molecule has 0 heterocycles. The third-order valence-electron chi connectivity index (χ3n) is 3.87. The van der Waals surface area contributed by atoms with Gasteiger partial charge in [0.05, 0.1) is 5.56 Å². The lowest BCUT2D eigenvalue weighted by molar-refractivity contribution is 0.0943. The molecule has 0 radical (unpaired) electrons. The fourth-order valence-corrected chi connectivity index (χ4v) is 3.00. The summed E-state index contributed by atoms with van der Waals surface area (Å²) < 4.78 is 14.3. The molecule has 5 heteroatoms. The first kappa shape index (κ1) is 15.4. The summed E-state index contributed by atoms with van der Waals surface area (Å²) in [5.74, 6) is -0.849. The van der Waals surface area contributed by atoms with Gasteiger partial charge in [0, 0.05) is 23.6 Å². The van der Waals surface area contributed by atoms with E-state index in [1.807, 2.05) is 0 Å². The molecule has 110 valence electrons. The molecule has 3 nitrogen and oxygen atoms in total. The molecule has 2 rings (SSSR count). The zero-order valence-corrected chi connectivity index (χ0v) is 13.2. The van der Waals surface area contributed by atoms with E-state index in [-0.39, 0.29) is 11.5 Å². The zero-order chi connectivity index (χ0) is 14.5. The number of hydrogen-bond donors (Lipinski definition) is 1. The van der Waals surface area contributed by atoms with Crippen molar-refractivity contribution >= 4 is 21.8 Å². The summed E-state index contributed by atoms with van der Waals surface area (Å²) in [4.78, 5) is 14.2. The minimum Gasteiger partial charge on any atom is -0.351 e. The van der Waals surface area contributed by atoms with Crippen LogP contribution in [0.4, 0.5) is 4.39 Å². The Morgan fingerprint density at radius 1 is 1.45 bits per heavy atom. The first-order valence-electron chi connectivity index (χ1n) is 7.01. The Bertz CT molecular complexity index is 475. The van der Waals surface area contributed by atoms with E-state index in [1.165, 1.54) is 37.8 Å². The van der Waals surface area contributed by atoms with E-state index in [0.29, 0.717) is 17.1 Å². The number of carbonyl (C=O) groups excluding carboxylic acids is 1. The van der Waals surface area contributed by atoms with Crippen molar-refractivity contribution in [1.82, 2.24) is 10.2 Å². The van der Waals surface area contributed by atoms with E-state index in [9.17, 15) is 9.18 Å². The van der Waals surface area contributed by atoms with Crippen LogP contribution in [0.15, 0.2) is 22.7 Å². The Hall–Kier alpha value is -0.940. The van der Waals surface area contributed by atoms with Gasteiger partial charge >= 0.3 is 0 Å². The predicted octanol–water partition coefficient (Wildman–Crippen LogP) is 3.19. The summed E-state index contributed by atoms with van der Waals surface area (Å²) >= 11 is 3.25. The molecule has 0 unspecified atom stereocenters. The molecule has 0 aliphatic heterocycles. The smallest absolute Gasteiger partial charge is 0.254 e. The number of amides is 1. The summed E-state index contributed by atoms with van der Waals surface area (Å²) in [5.41, 5.74) is 0.0860. The first-order valence-corrected chi connectivity index (χ1v) is 7.80. The number of hydrogen-bond acceptors (Lipinski definition) is 2. The highest BCUT2D eigenvalue weighted by molar-refractivity contribution is 9.10. The minimum atomic E-state index is -0.491. The monoisotopic (exact) mass is 342 g/mol. The molecule has 1 amide bonds. The number of likely N-dealkylation sites (N-methyl/N-ethyl adjacent to an activating group) is 1. The summed E-state index contributed by atoms with van der Waals surface area (Å²) in [6, 6.07) is 5.02. The van der Waals surface area contributed by atoms with E-state index >= 15 is 0 Å². The molecule has 1 fully saturated rings. The highest BCUT2D eigenvalue weighted by atomic mass is 79.9. The average Bonchev–Trinajstić information content (AvgIpc) is 2.95. The predicted molar refractivity (Wildman–Crippen MR) is 81.3 cm³/mol. The topological polar surface area (TPSA) is 32.3 Å². The Balaban J connectivity index is 1.81. The minimum absolute atomic E-state index is 0.0860. The van der Waals surface area contributed by atoms with Gasteiger partial charge < -0.3 is 10.2 Å². The largest absolute Gasteiger partial charge is 0.351 e. The van der Waals surface area contributed by atoms with Crippen molar-refractivity contribution in [3.05, 3.63) is 34.1 Å². The molecule has 1 aliphatic carbocycles. The number of nitrogens with one attached hydrogen (secondary N) is 1. The van der Waals surface area contributed by atoms with Gasteiger partial charge in [-0.15, -0.1) is 0 Å². The fraction of sp³-hybridized carbons (Fsp3) is 0.533. The zero-order valence-electron chi connectivity index (χ0n) is 11.7. The molecular formula is C15H20BrFN2O. The molecule has 1 N–H and O–H groups in total. The molecule has 1 saturated carbocycles. The van der Waals surface area contributed by atoms with Crippen molar-refractivity contribution in [2.75, 3.05) is 20.1 Å². The van der Waals surface area contributed by atoms with Crippen LogP contribution in [0.25, 0.3) is 0 Å². The Labute approximate surface area is 127 Å². The van der Waals surface area contributed by atoms with Crippen molar-refractivity contribution < 1.29 is 9.18 Å². The van der Waals surface area contributed by atoms with Crippen LogP contribution in [-0.2, 0) is 0 Å². The summed E-state index contributed by atoms with van der Waals surface area (Å²) in [6.45, 7) is 1.34. The van der Waals surface area contributed by atoms with Gasteiger partial charge in [-0.3, -0.25) is 4.79 Å². The average molecular weight is 343 g/mol.